The molecule has 158 valence electrons. The summed E-state index contributed by atoms with van der Waals surface area (Å²) >= 11 is 6.08. The Labute approximate surface area is 181 Å². The fourth-order valence-corrected chi connectivity index (χ4v) is 3.28. The first-order valence-corrected chi connectivity index (χ1v) is 10.1. The summed E-state index contributed by atoms with van der Waals surface area (Å²) in [6, 6.07) is 18.2. The van der Waals surface area contributed by atoms with Gasteiger partial charge >= 0.3 is 0 Å². The van der Waals surface area contributed by atoms with E-state index in [4.69, 9.17) is 25.8 Å². The van der Waals surface area contributed by atoms with Crippen molar-refractivity contribution in [3.63, 3.8) is 0 Å². The van der Waals surface area contributed by atoms with E-state index in [1.807, 2.05) is 49.4 Å². The number of halogens is 2. The molecule has 0 unspecified atom stereocenters. The first-order valence-electron chi connectivity index (χ1n) is 9.76. The van der Waals surface area contributed by atoms with Crippen LogP contribution in [-0.4, -0.2) is 13.7 Å². The van der Waals surface area contributed by atoms with Gasteiger partial charge < -0.3 is 19.5 Å². The van der Waals surface area contributed by atoms with Crippen LogP contribution in [-0.2, 0) is 19.7 Å². The highest BCUT2D eigenvalue weighted by atomic mass is 35.5. The highest BCUT2D eigenvalue weighted by Gasteiger charge is 2.11. The van der Waals surface area contributed by atoms with Crippen molar-refractivity contribution in [2.45, 2.75) is 26.6 Å². The lowest BCUT2D eigenvalue weighted by Crippen LogP contribution is -2.13. The summed E-state index contributed by atoms with van der Waals surface area (Å²) in [6.45, 7) is 3.76. The van der Waals surface area contributed by atoms with Crippen LogP contribution in [0, 0.1) is 5.82 Å². The Kier molecular flexibility index (Phi) is 7.94. The summed E-state index contributed by atoms with van der Waals surface area (Å²) < 4.78 is 30.9. The molecule has 0 aliphatic rings. The standard InChI is InChI=1S/C24H25ClFNO3/c1-3-29-24-13-17(14-27-15-18-7-4-5-10-22(18)28-2)11-12-23(24)30-16-19-20(25)8-6-9-21(19)26/h4-13,27H,3,14-16H2,1-2H3. The lowest BCUT2D eigenvalue weighted by Gasteiger charge is -2.15. The van der Waals surface area contributed by atoms with Gasteiger partial charge in [-0.3, -0.25) is 0 Å². The Bertz CT molecular complexity index is 960. The van der Waals surface area contributed by atoms with Gasteiger partial charge in [0.05, 0.1) is 18.7 Å². The molecule has 6 heteroatoms. The molecule has 0 saturated heterocycles. The van der Waals surface area contributed by atoms with E-state index in [1.54, 1.807) is 19.2 Å². The topological polar surface area (TPSA) is 39.7 Å². The third-order valence-corrected chi connectivity index (χ3v) is 4.93. The molecule has 0 spiro atoms. The molecule has 0 heterocycles. The molecule has 3 rings (SSSR count). The Morgan fingerprint density at radius 1 is 0.900 bits per heavy atom. The van der Waals surface area contributed by atoms with Gasteiger partial charge in [-0.15, -0.1) is 0 Å². The van der Waals surface area contributed by atoms with Gasteiger partial charge in [-0.2, -0.15) is 0 Å². The number of benzene rings is 3. The smallest absolute Gasteiger partial charge is 0.161 e. The lowest BCUT2D eigenvalue weighted by molar-refractivity contribution is 0.265. The second-order valence-corrected chi connectivity index (χ2v) is 7.03. The maximum Gasteiger partial charge on any atom is 0.161 e. The van der Waals surface area contributed by atoms with Crippen LogP contribution in [0.2, 0.25) is 5.02 Å². The number of methoxy groups -OCH3 is 1. The monoisotopic (exact) mass is 429 g/mol. The summed E-state index contributed by atoms with van der Waals surface area (Å²) in [5.74, 6) is 1.62. The van der Waals surface area contributed by atoms with Crippen LogP contribution in [0.15, 0.2) is 60.7 Å². The summed E-state index contributed by atoms with van der Waals surface area (Å²) in [4.78, 5) is 0. The van der Waals surface area contributed by atoms with Gasteiger partial charge in [-0.05, 0) is 42.8 Å². The number of hydrogen-bond donors (Lipinski definition) is 1. The first-order chi connectivity index (χ1) is 14.6. The zero-order chi connectivity index (χ0) is 21.3. The number of rotatable bonds is 10. The molecular formula is C24H25ClFNO3. The van der Waals surface area contributed by atoms with Crippen LogP contribution < -0.4 is 19.5 Å². The minimum atomic E-state index is -0.391. The third-order valence-electron chi connectivity index (χ3n) is 4.58. The molecule has 0 aromatic heterocycles. The van der Waals surface area contributed by atoms with Crippen molar-refractivity contribution in [1.29, 1.82) is 0 Å². The largest absolute Gasteiger partial charge is 0.496 e. The van der Waals surface area contributed by atoms with E-state index < -0.39 is 5.82 Å². The van der Waals surface area contributed by atoms with Crippen LogP contribution >= 0.6 is 11.6 Å². The molecule has 0 amide bonds. The van der Waals surface area contributed by atoms with Gasteiger partial charge in [-0.25, -0.2) is 4.39 Å². The zero-order valence-electron chi connectivity index (χ0n) is 17.1. The van der Waals surface area contributed by atoms with E-state index in [2.05, 4.69) is 5.32 Å². The quantitative estimate of drug-likeness (QED) is 0.445. The summed E-state index contributed by atoms with van der Waals surface area (Å²) in [5, 5.41) is 3.75. The second-order valence-electron chi connectivity index (χ2n) is 6.62. The van der Waals surface area contributed by atoms with E-state index in [1.165, 1.54) is 6.07 Å². The zero-order valence-corrected chi connectivity index (χ0v) is 17.8. The minimum absolute atomic E-state index is 0.0248. The van der Waals surface area contributed by atoms with E-state index in [0.29, 0.717) is 41.8 Å². The van der Waals surface area contributed by atoms with Crippen LogP contribution in [0.5, 0.6) is 17.2 Å². The first kappa shape index (κ1) is 21.9. The van der Waals surface area contributed by atoms with E-state index >= 15 is 0 Å². The fourth-order valence-electron chi connectivity index (χ4n) is 3.06. The number of ether oxygens (including phenoxy) is 3. The SMILES string of the molecule is CCOc1cc(CNCc2ccccc2OC)ccc1OCc1c(F)cccc1Cl. The van der Waals surface area contributed by atoms with Crippen molar-refractivity contribution in [3.8, 4) is 17.2 Å². The molecule has 0 bridgehead atoms. The predicted octanol–water partition coefficient (Wildman–Crippen LogP) is 5.76. The van der Waals surface area contributed by atoms with Crippen molar-refractivity contribution >= 4 is 11.6 Å². The molecule has 0 saturated carbocycles. The Balaban J connectivity index is 1.65. The molecule has 30 heavy (non-hydrogen) atoms. The van der Waals surface area contributed by atoms with Crippen molar-refractivity contribution in [2.24, 2.45) is 0 Å². The van der Waals surface area contributed by atoms with Gasteiger partial charge in [-0.1, -0.05) is 41.9 Å². The molecule has 0 fully saturated rings. The third kappa shape index (κ3) is 5.65. The molecule has 4 nitrogen and oxygen atoms in total. The number of nitrogens with one attached hydrogen (secondary N) is 1. The molecule has 0 radical (unpaired) electrons. The molecule has 1 N–H and O–H groups in total. The van der Waals surface area contributed by atoms with E-state index in [-0.39, 0.29) is 6.61 Å². The van der Waals surface area contributed by atoms with Gasteiger partial charge in [0.25, 0.3) is 0 Å². The maximum atomic E-state index is 14.0. The highest BCUT2D eigenvalue weighted by Crippen LogP contribution is 2.30. The minimum Gasteiger partial charge on any atom is -0.496 e. The maximum absolute atomic E-state index is 14.0. The van der Waals surface area contributed by atoms with Crippen molar-refractivity contribution in [2.75, 3.05) is 13.7 Å². The van der Waals surface area contributed by atoms with E-state index in [0.717, 1.165) is 16.9 Å². The molecule has 0 aliphatic carbocycles. The van der Waals surface area contributed by atoms with Crippen LogP contribution in [0.4, 0.5) is 4.39 Å². The molecule has 0 atom stereocenters. The van der Waals surface area contributed by atoms with Crippen molar-refractivity contribution in [1.82, 2.24) is 5.32 Å². The highest BCUT2D eigenvalue weighted by molar-refractivity contribution is 6.31. The Morgan fingerprint density at radius 2 is 1.73 bits per heavy atom. The van der Waals surface area contributed by atoms with Crippen LogP contribution in [0.1, 0.15) is 23.6 Å². The molecule has 3 aromatic rings. The summed E-state index contributed by atoms with van der Waals surface area (Å²) in [6.07, 6.45) is 0. The Morgan fingerprint density at radius 3 is 2.50 bits per heavy atom. The fraction of sp³-hybridized carbons (Fsp3) is 0.250. The normalized spacial score (nSPS) is 10.7. The van der Waals surface area contributed by atoms with Crippen molar-refractivity contribution < 1.29 is 18.6 Å². The van der Waals surface area contributed by atoms with Gasteiger partial charge in [0.1, 0.15) is 18.2 Å². The number of para-hydroxylation sites is 1. The summed E-state index contributed by atoms with van der Waals surface area (Å²) in [5.41, 5.74) is 2.46. The average Bonchev–Trinajstić information content (AvgIpc) is 2.75. The van der Waals surface area contributed by atoms with Gasteiger partial charge in [0.2, 0.25) is 0 Å². The lowest BCUT2D eigenvalue weighted by atomic mass is 10.1. The average molecular weight is 430 g/mol. The molecule has 3 aromatic carbocycles. The second kappa shape index (κ2) is 10.9. The van der Waals surface area contributed by atoms with E-state index in [9.17, 15) is 4.39 Å². The molecule has 0 aliphatic heterocycles. The predicted molar refractivity (Wildman–Crippen MR) is 117 cm³/mol. The van der Waals surface area contributed by atoms with Crippen LogP contribution in [0.25, 0.3) is 0 Å². The van der Waals surface area contributed by atoms with Gasteiger partial charge in [0.15, 0.2) is 11.5 Å². The Hall–Kier alpha value is -2.76. The molecular weight excluding hydrogens is 405 g/mol. The van der Waals surface area contributed by atoms with Gasteiger partial charge in [0, 0.05) is 24.2 Å². The van der Waals surface area contributed by atoms with Crippen LogP contribution in [0.3, 0.4) is 0 Å². The summed E-state index contributed by atoms with van der Waals surface area (Å²) in [7, 11) is 1.67. The number of hydrogen-bond acceptors (Lipinski definition) is 4. The van der Waals surface area contributed by atoms with Crippen molar-refractivity contribution in [3.05, 3.63) is 88.2 Å².